The van der Waals surface area contributed by atoms with Crippen LogP contribution in [0.15, 0.2) is 18.2 Å². The first kappa shape index (κ1) is 30.0. The molecule has 0 bridgehead atoms. The molecular formula is C23H29ClF6N4O4S. The van der Waals surface area contributed by atoms with Gasteiger partial charge in [0, 0.05) is 75.0 Å². The van der Waals surface area contributed by atoms with E-state index < -0.39 is 34.6 Å². The number of piperazine rings is 1. The van der Waals surface area contributed by atoms with Crippen molar-refractivity contribution in [1.82, 2.24) is 14.1 Å². The van der Waals surface area contributed by atoms with Gasteiger partial charge in [0.1, 0.15) is 0 Å². The molecule has 1 amide bonds. The van der Waals surface area contributed by atoms with E-state index in [-0.39, 0.29) is 31.6 Å². The summed E-state index contributed by atoms with van der Waals surface area (Å²) in [7, 11) is -3.22. The molecule has 220 valence electrons. The van der Waals surface area contributed by atoms with Gasteiger partial charge >= 0.3 is 18.4 Å². The number of hydrogen-bond acceptors (Lipinski definition) is 6. The molecule has 0 saturated carbocycles. The van der Waals surface area contributed by atoms with E-state index in [1.807, 2.05) is 17.0 Å². The van der Waals surface area contributed by atoms with Crippen molar-refractivity contribution < 1.29 is 44.3 Å². The van der Waals surface area contributed by atoms with Crippen LogP contribution in [0.3, 0.4) is 0 Å². The Morgan fingerprint density at radius 2 is 1.56 bits per heavy atom. The van der Waals surface area contributed by atoms with Gasteiger partial charge in [-0.3, -0.25) is 4.90 Å². The Morgan fingerprint density at radius 3 is 2.08 bits per heavy atom. The Labute approximate surface area is 227 Å². The molecule has 3 fully saturated rings. The van der Waals surface area contributed by atoms with E-state index in [1.165, 1.54) is 10.6 Å². The first-order valence-corrected chi connectivity index (χ1v) is 14.5. The summed E-state index contributed by atoms with van der Waals surface area (Å²) in [6.45, 7) is 3.17. The van der Waals surface area contributed by atoms with Gasteiger partial charge in [0.2, 0.25) is 10.0 Å². The molecule has 1 aromatic carbocycles. The molecule has 0 unspecified atom stereocenters. The van der Waals surface area contributed by atoms with Crippen molar-refractivity contribution in [2.45, 2.75) is 37.8 Å². The van der Waals surface area contributed by atoms with E-state index in [4.69, 9.17) is 11.6 Å². The van der Waals surface area contributed by atoms with E-state index in [0.29, 0.717) is 24.7 Å². The average molecular weight is 607 g/mol. The number of halogens is 7. The maximum absolute atomic E-state index is 12.7. The summed E-state index contributed by atoms with van der Waals surface area (Å²) in [6, 6.07) is 5.45. The van der Waals surface area contributed by atoms with Gasteiger partial charge in [0.15, 0.2) is 0 Å². The number of alkyl halides is 6. The Morgan fingerprint density at radius 1 is 1.00 bits per heavy atom. The first-order chi connectivity index (χ1) is 18.0. The number of amides is 1. The molecule has 1 spiro atoms. The lowest BCUT2D eigenvalue weighted by Crippen LogP contribution is -2.61. The fourth-order valence-electron chi connectivity index (χ4n) is 5.33. The van der Waals surface area contributed by atoms with E-state index in [9.17, 15) is 39.6 Å². The highest BCUT2D eigenvalue weighted by Gasteiger charge is 2.60. The van der Waals surface area contributed by atoms with E-state index >= 15 is 0 Å². The number of rotatable bonds is 5. The normalized spacial score (nSPS) is 21.4. The zero-order chi connectivity index (χ0) is 28.8. The molecular weight excluding hydrogens is 578 g/mol. The van der Waals surface area contributed by atoms with Gasteiger partial charge in [-0.2, -0.15) is 26.3 Å². The largest absolute Gasteiger partial charge is 0.434 e. The molecule has 3 aliphatic rings. The molecule has 0 N–H and O–H groups in total. The SMILES string of the molecule is CS(=O)(=O)N1CCC2(CC1)CN(c1cc(Cl)ccc1CN1CCN(C(=O)OC(C(F)(F)F)C(F)(F)F)CC1)C2. The number of sulfonamides is 1. The lowest BCUT2D eigenvalue weighted by atomic mass is 9.72. The van der Waals surface area contributed by atoms with Crippen LogP contribution in [-0.2, 0) is 21.3 Å². The minimum atomic E-state index is -5.76. The number of piperidine rings is 1. The monoisotopic (exact) mass is 606 g/mol. The summed E-state index contributed by atoms with van der Waals surface area (Å²) < 4.78 is 105. The number of carbonyl (C=O) groups excluding carboxylic acids is 1. The summed E-state index contributed by atoms with van der Waals surface area (Å²) in [5.74, 6) is 0. The van der Waals surface area contributed by atoms with Crippen molar-refractivity contribution in [2.75, 3.05) is 63.5 Å². The molecule has 1 aromatic rings. The molecule has 0 radical (unpaired) electrons. The molecule has 3 heterocycles. The maximum Gasteiger partial charge on any atom is 0.434 e. The highest BCUT2D eigenvalue weighted by Crippen LogP contribution is 2.44. The van der Waals surface area contributed by atoms with Gasteiger partial charge in [-0.25, -0.2) is 17.5 Å². The zero-order valence-corrected chi connectivity index (χ0v) is 22.6. The Bertz CT molecular complexity index is 1140. The van der Waals surface area contributed by atoms with Gasteiger partial charge in [0.25, 0.3) is 6.10 Å². The Balaban J connectivity index is 1.33. The van der Waals surface area contributed by atoms with Crippen LogP contribution < -0.4 is 4.90 Å². The van der Waals surface area contributed by atoms with E-state index in [2.05, 4.69) is 9.64 Å². The molecule has 3 aliphatic heterocycles. The van der Waals surface area contributed by atoms with Crippen LogP contribution in [0.5, 0.6) is 0 Å². The lowest BCUT2D eigenvalue weighted by Gasteiger charge is -2.55. The van der Waals surface area contributed by atoms with E-state index in [0.717, 1.165) is 42.1 Å². The smallest absolute Gasteiger partial charge is 0.426 e. The van der Waals surface area contributed by atoms with Crippen LogP contribution in [0.25, 0.3) is 0 Å². The van der Waals surface area contributed by atoms with Crippen LogP contribution in [-0.4, -0.2) is 106 Å². The minimum absolute atomic E-state index is 0.0253. The second-order valence-corrected chi connectivity index (χ2v) is 12.8. The molecule has 39 heavy (non-hydrogen) atoms. The predicted octanol–water partition coefficient (Wildman–Crippen LogP) is 3.95. The van der Waals surface area contributed by atoms with Crippen LogP contribution in [0, 0.1) is 5.41 Å². The summed E-state index contributed by atoms with van der Waals surface area (Å²) >= 11 is 6.26. The van der Waals surface area contributed by atoms with Gasteiger partial charge in [0.05, 0.1) is 6.26 Å². The number of anilines is 1. The number of carbonyl (C=O) groups is 1. The fraction of sp³-hybridized carbons (Fsp3) is 0.696. The van der Waals surface area contributed by atoms with Gasteiger partial charge < -0.3 is 14.5 Å². The van der Waals surface area contributed by atoms with Gasteiger partial charge in [-0.05, 0) is 30.5 Å². The molecule has 4 rings (SSSR count). The van der Waals surface area contributed by atoms with Crippen molar-refractivity contribution in [3.05, 3.63) is 28.8 Å². The second-order valence-electron chi connectivity index (χ2n) is 10.4. The fourth-order valence-corrected chi connectivity index (χ4v) is 6.34. The molecule has 0 atom stereocenters. The molecule has 3 saturated heterocycles. The zero-order valence-electron chi connectivity index (χ0n) is 21.1. The van der Waals surface area contributed by atoms with Crippen LogP contribution in [0.1, 0.15) is 18.4 Å². The highest BCUT2D eigenvalue weighted by atomic mass is 35.5. The molecule has 16 heteroatoms. The van der Waals surface area contributed by atoms with Gasteiger partial charge in [-0.15, -0.1) is 0 Å². The number of ether oxygens (including phenoxy) is 1. The van der Waals surface area contributed by atoms with E-state index in [1.54, 1.807) is 6.07 Å². The Hall–Kier alpha value is -1.97. The second kappa shape index (κ2) is 10.8. The standard InChI is InChI=1S/C23H29ClF6N4O4S/c1-39(36,37)34-6-4-21(5-7-34)14-33(15-21)18-12-17(24)3-2-16(18)13-31-8-10-32(11-9-31)20(35)38-19(22(25,26)27)23(28,29)30/h2-3,12,19H,4-11,13-15H2,1H3. The Kier molecular flexibility index (Phi) is 8.30. The number of benzene rings is 1. The topological polar surface area (TPSA) is 73.4 Å². The summed E-state index contributed by atoms with van der Waals surface area (Å²) in [5, 5.41) is 0.540. The quantitative estimate of drug-likeness (QED) is 0.473. The van der Waals surface area contributed by atoms with Crippen molar-refractivity contribution in [2.24, 2.45) is 5.41 Å². The molecule has 0 aromatic heterocycles. The van der Waals surface area contributed by atoms with Crippen molar-refractivity contribution >= 4 is 33.4 Å². The van der Waals surface area contributed by atoms with Crippen molar-refractivity contribution in [1.29, 1.82) is 0 Å². The lowest BCUT2D eigenvalue weighted by molar-refractivity contribution is -0.308. The average Bonchev–Trinajstić information content (AvgIpc) is 2.80. The van der Waals surface area contributed by atoms with Crippen LogP contribution >= 0.6 is 11.6 Å². The van der Waals surface area contributed by atoms with Crippen LogP contribution in [0.4, 0.5) is 36.8 Å². The highest BCUT2D eigenvalue weighted by molar-refractivity contribution is 7.88. The summed E-state index contributed by atoms with van der Waals surface area (Å²) in [6.07, 6.45) is -14.6. The number of nitrogens with zero attached hydrogens (tertiary/aromatic N) is 4. The maximum atomic E-state index is 12.7. The van der Waals surface area contributed by atoms with Crippen molar-refractivity contribution in [3.63, 3.8) is 0 Å². The summed E-state index contributed by atoms with van der Waals surface area (Å²) in [4.78, 5) is 17.0. The van der Waals surface area contributed by atoms with Gasteiger partial charge in [-0.1, -0.05) is 17.7 Å². The van der Waals surface area contributed by atoms with Crippen LogP contribution in [0.2, 0.25) is 5.02 Å². The minimum Gasteiger partial charge on any atom is -0.426 e. The molecule has 0 aliphatic carbocycles. The first-order valence-electron chi connectivity index (χ1n) is 12.3. The third kappa shape index (κ3) is 7.03. The third-order valence-electron chi connectivity index (χ3n) is 7.53. The van der Waals surface area contributed by atoms with Crippen molar-refractivity contribution in [3.8, 4) is 0 Å². The number of hydrogen-bond donors (Lipinski definition) is 0. The predicted molar refractivity (Wildman–Crippen MR) is 131 cm³/mol. The summed E-state index contributed by atoms with van der Waals surface area (Å²) in [5.41, 5.74) is 1.88. The molecule has 8 nitrogen and oxygen atoms in total. The third-order valence-corrected chi connectivity index (χ3v) is 9.07.